The SMILES string of the molecule is CCOC(=O)C1CCN(CC(=O)N(CCC#N)c2ccc(OCC)cc2)CC1. The number of hydrogen-bond acceptors (Lipinski definition) is 6. The molecule has 152 valence electrons. The van der Waals surface area contributed by atoms with Gasteiger partial charge in [0.05, 0.1) is 38.2 Å². The summed E-state index contributed by atoms with van der Waals surface area (Å²) in [7, 11) is 0. The Hall–Kier alpha value is -2.59. The fourth-order valence-corrected chi connectivity index (χ4v) is 3.31. The molecule has 7 nitrogen and oxygen atoms in total. The van der Waals surface area contributed by atoms with Gasteiger partial charge in [-0.15, -0.1) is 0 Å². The predicted octanol–water partition coefficient (Wildman–Crippen LogP) is 2.61. The molecule has 28 heavy (non-hydrogen) atoms. The molecule has 0 N–H and O–H groups in total. The molecule has 0 unspecified atom stereocenters. The Balaban J connectivity index is 1.96. The Kier molecular flexibility index (Phi) is 8.76. The minimum Gasteiger partial charge on any atom is -0.494 e. The molecule has 1 saturated heterocycles. The fourth-order valence-electron chi connectivity index (χ4n) is 3.31. The summed E-state index contributed by atoms with van der Waals surface area (Å²) < 4.78 is 10.5. The highest BCUT2D eigenvalue weighted by molar-refractivity contribution is 5.94. The fraction of sp³-hybridized carbons (Fsp3) is 0.571. The van der Waals surface area contributed by atoms with Gasteiger partial charge in [-0.2, -0.15) is 5.26 Å². The number of esters is 1. The van der Waals surface area contributed by atoms with Crippen LogP contribution in [0, 0.1) is 17.2 Å². The van der Waals surface area contributed by atoms with Crippen LogP contribution < -0.4 is 9.64 Å². The number of likely N-dealkylation sites (tertiary alicyclic amines) is 1. The summed E-state index contributed by atoms with van der Waals surface area (Å²) in [6, 6.07) is 9.45. The quantitative estimate of drug-likeness (QED) is 0.606. The molecule has 1 aliphatic heterocycles. The molecule has 1 aromatic rings. The van der Waals surface area contributed by atoms with Crippen molar-refractivity contribution in [1.29, 1.82) is 5.26 Å². The van der Waals surface area contributed by atoms with Crippen molar-refractivity contribution >= 4 is 17.6 Å². The zero-order valence-electron chi connectivity index (χ0n) is 16.7. The van der Waals surface area contributed by atoms with Crippen LogP contribution in [0.3, 0.4) is 0 Å². The number of piperidine rings is 1. The minimum atomic E-state index is -0.140. The zero-order valence-corrected chi connectivity index (χ0v) is 16.7. The molecular weight excluding hydrogens is 358 g/mol. The number of anilines is 1. The zero-order chi connectivity index (χ0) is 20.4. The maximum Gasteiger partial charge on any atom is 0.309 e. The second-order valence-corrected chi connectivity index (χ2v) is 6.68. The van der Waals surface area contributed by atoms with Gasteiger partial charge in [0.15, 0.2) is 0 Å². The number of amides is 1. The molecule has 2 rings (SSSR count). The highest BCUT2D eigenvalue weighted by Gasteiger charge is 2.28. The van der Waals surface area contributed by atoms with E-state index in [1.807, 2.05) is 38.1 Å². The number of nitrogens with zero attached hydrogens (tertiary/aromatic N) is 3. The van der Waals surface area contributed by atoms with Crippen molar-refractivity contribution in [2.45, 2.75) is 33.1 Å². The van der Waals surface area contributed by atoms with Crippen LogP contribution in [0.15, 0.2) is 24.3 Å². The van der Waals surface area contributed by atoms with Crippen LogP contribution in [0.4, 0.5) is 5.69 Å². The van der Waals surface area contributed by atoms with Gasteiger partial charge in [-0.25, -0.2) is 0 Å². The molecule has 1 amide bonds. The van der Waals surface area contributed by atoms with Gasteiger partial charge in [0, 0.05) is 12.2 Å². The normalized spacial score (nSPS) is 14.9. The highest BCUT2D eigenvalue weighted by atomic mass is 16.5. The summed E-state index contributed by atoms with van der Waals surface area (Å²) in [5, 5.41) is 8.94. The second kappa shape index (κ2) is 11.3. The predicted molar refractivity (Wildman–Crippen MR) is 106 cm³/mol. The number of hydrogen-bond donors (Lipinski definition) is 0. The minimum absolute atomic E-state index is 0.0472. The van der Waals surface area contributed by atoms with Crippen molar-refractivity contribution in [3.05, 3.63) is 24.3 Å². The summed E-state index contributed by atoms with van der Waals surface area (Å²) >= 11 is 0. The maximum atomic E-state index is 12.9. The molecule has 7 heteroatoms. The van der Waals surface area contributed by atoms with Crippen molar-refractivity contribution in [3.8, 4) is 11.8 Å². The molecule has 0 radical (unpaired) electrons. The first-order chi connectivity index (χ1) is 13.6. The van der Waals surface area contributed by atoms with Crippen molar-refractivity contribution < 1.29 is 19.1 Å². The molecule has 0 aromatic heterocycles. The lowest BCUT2D eigenvalue weighted by Gasteiger charge is -2.32. The van der Waals surface area contributed by atoms with E-state index in [9.17, 15) is 9.59 Å². The van der Waals surface area contributed by atoms with Crippen LogP contribution in [0.2, 0.25) is 0 Å². The Morgan fingerprint density at radius 2 is 1.86 bits per heavy atom. The number of nitriles is 1. The summed E-state index contributed by atoms with van der Waals surface area (Å²) in [5.41, 5.74) is 0.755. The van der Waals surface area contributed by atoms with E-state index in [-0.39, 0.29) is 30.8 Å². The van der Waals surface area contributed by atoms with Crippen molar-refractivity contribution in [2.75, 3.05) is 44.3 Å². The average molecular weight is 387 g/mol. The molecule has 1 fully saturated rings. The van der Waals surface area contributed by atoms with Gasteiger partial charge in [0.2, 0.25) is 5.91 Å². The Labute approximate surface area is 166 Å². The van der Waals surface area contributed by atoms with Crippen molar-refractivity contribution in [1.82, 2.24) is 4.90 Å². The van der Waals surface area contributed by atoms with Gasteiger partial charge in [-0.1, -0.05) is 0 Å². The van der Waals surface area contributed by atoms with Crippen LogP contribution >= 0.6 is 0 Å². The molecule has 0 aliphatic carbocycles. The molecule has 1 heterocycles. The Bertz CT molecular complexity index is 676. The van der Waals surface area contributed by atoms with E-state index in [1.165, 1.54) is 0 Å². The summed E-state index contributed by atoms with van der Waals surface area (Å²) in [6.45, 7) is 6.70. The summed E-state index contributed by atoms with van der Waals surface area (Å²) in [5.74, 6) is 0.486. The van der Waals surface area contributed by atoms with E-state index in [4.69, 9.17) is 14.7 Å². The molecule has 0 bridgehead atoms. The van der Waals surface area contributed by atoms with Crippen LogP contribution in [-0.2, 0) is 14.3 Å². The largest absolute Gasteiger partial charge is 0.494 e. The van der Waals surface area contributed by atoms with E-state index in [1.54, 1.807) is 4.90 Å². The average Bonchev–Trinajstić information content (AvgIpc) is 2.70. The van der Waals surface area contributed by atoms with Gasteiger partial charge < -0.3 is 14.4 Å². The molecular formula is C21H29N3O4. The monoisotopic (exact) mass is 387 g/mol. The first kappa shape index (κ1) is 21.7. The van der Waals surface area contributed by atoms with Crippen LogP contribution in [-0.4, -0.2) is 56.2 Å². The van der Waals surface area contributed by atoms with Crippen molar-refractivity contribution in [3.63, 3.8) is 0 Å². The van der Waals surface area contributed by atoms with Gasteiger partial charge in [0.1, 0.15) is 5.75 Å². The van der Waals surface area contributed by atoms with Gasteiger partial charge in [-0.05, 0) is 64.0 Å². The number of benzene rings is 1. The van der Waals surface area contributed by atoms with E-state index >= 15 is 0 Å². The Morgan fingerprint density at radius 3 is 2.43 bits per heavy atom. The third-order valence-electron chi connectivity index (χ3n) is 4.77. The van der Waals surface area contributed by atoms with Crippen LogP contribution in [0.1, 0.15) is 33.1 Å². The lowest BCUT2D eigenvalue weighted by molar-refractivity contribution is -0.149. The number of rotatable bonds is 9. The van der Waals surface area contributed by atoms with Gasteiger partial charge in [-0.3, -0.25) is 14.5 Å². The molecule has 0 spiro atoms. The lowest BCUT2D eigenvalue weighted by atomic mass is 9.97. The Morgan fingerprint density at radius 1 is 1.18 bits per heavy atom. The molecule has 0 atom stereocenters. The van der Waals surface area contributed by atoms with Gasteiger partial charge >= 0.3 is 5.97 Å². The first-order valence-corrected chi connectivity index (χ1v) is 9.88. The maximum absolute atomic E-state index is 12.9. The lowest BCUT2D eigenvalue weighted by Crippen LogP contribution is -2.44. The third-order valence-corrected chi connectivity index (χ3v) is 4.77. The van der Waals surface area contributed by atoms with Crippen LogP contribution in [0.5, 0.6) is 5.75 Å². The smallest absolute Gasteiger partial charge is 0.309 e. The van der Waals surface area contributed by atoms with E-state index in [0.29, 0.717) is 45.7 Å². The third kappa shape index (κ3) is 6.24. The number of carbonyl (C=O) groups is 2. The molecule has 1 aliphatic rings. The summed E-state index contributed by atoms with van der Waals surface area (Å²) in [4.78, 5) is 28.5. The highest BCUT2D eigenvalue weighted by Crippen LogP contribution is 2.22. The van der Waals surface area contributed by atoms with E-state index < -0.39 is 0 Å². The molecule has 0 saturated carbocycles. The van der Waals surface area contributed by atoms with E-state index in [0.717, 1.165) is 11.4 Å². The second-order valence-electron chi connectivity index (χ2n) is 6.68. The standard InChI is InChI=1S/C21H29N3O4/c1-3-27-19-8-6-18(7-9-19)24(13-5-12-22)20(25)16-23-14-10-17(11-15-23)21(26)28-4-2/h6-9,17H,3-5,10-11,13-16H2,1-2H3. The summed E-state index contributed by atoms with van der Waals surface area (Å²) in [6.07, 6.45) is 1.67. The number of ether oxygens (including phenoxy) is 2. The topological polar surface area (TPSA) is 82.9 Å². The number of carbonyl (C=O) groups excluding carboxylic acids is 2. The first-order valence-electron chi connectivity index (χ1n) is 9.88. The molecule has 1 aromatic carbocycles. The van der Waals surface area contributed by atoms with E-state index in [2.05, 4.69) is 11.0 Å². The van der Waals surface area contributed by atoms with Gasteiger partial charge in [0.25, 0.3) is 0 Å². The van der Waals surface area contributed by atoms with Crippen molar-refractivity contribution in [2.24, 2.45) is 5.92 Å². The van der Waals surface area contributed by atoms with Crippen LogP contribution in [0.25, 0.3) is 0 Å².